The molecule has 0 N–H and O–H groups in total. The first-order chi connectivity index (χ1) is 10.9. The molecule has 0 atom stereocenters. The zero-order chi connectivity index (χ0) is 18.2. The second kappa shape index (κ2) is 6.25. The molecule has 24 heavy (non-hydrogen) atoms. The van der Waals surface area contributed by atoms with E-state index in [9.17, 15) is 21.6 Å². The van der Waals surface area contributed by atoms with E-state index >= 15 is 0 Å². The Morgan fingerprint density at radius 3 is 2.00 bits per heavy atom. The molecule has 0 heterocycles. The van der Waals surface area contributed by atoms with Crippen molar-refractivity contribution in [2.45, 2.75) is 25.1 Å². The maximum atomic E-state index is 12.8. The number of hydrogen-bond acceptors (Lipinski definition) is 3. The Bertz CT molecular complexity index is 826. The molecule has 130 valence electrons. The molecular weight excluding hydrogens is 357 g/mol. The van der Waals surface area contributed by atoms with Crippen molar-refractivity contribution in [2.24, 2.45) is 0 Å². The predicted molar refractivity (Wildman–Crippen MR) is 90.5 cm³/mol. The van der Waals surface area contributed by atoms with Crippen molar-refractivity contribution in [2.75, 3.05) is 0 Å². The Balaban J connectivity index is 2.71. The molecule has 0 bridgehead atoms. The van der Waals surface area contributed by atoms with Gasteiger partial charge in [0.05, 0.1) is 8.07 Å². The molecule has 0 radical (unpaired) electrons. The van der Waals surface area contributed by atoms with Crippen LogP contribution in [0.3, 0.4) is 0 Å². The Labute approximate surface area is 140 Å². The highest BCUT2D eigenvalue weighted by Crippen LogP contribution is 2.34. The van der Waals surface area contributed by atoms with E-state index in [4.69, 9.17) is 0 Å². The summed E-state index contributed by atoms with van der Waals surface area (Å²) in [7, 11) is -7.90. The number of benzene rings is 2. The summed E-state index contributed by atoms with van der Waals surface area (Å²) in [5, 5.41) is 0.511. The van der Waals surface area contributed by atoms with Gasteiger partial charge in [-0.05, 0) is 10.8 Å². The summed E-state index contributed by atoms with van der Waals surface area (Å²) >= 11 is 0. The van der Waals surface area contributed by atoms with E-state index in [1.54, 1.807) is 48.5 Å². The first-order valence-electron chi connectivity index (χ1n) is 7.13. The molecule has 8 heteroatoms. The van der Waals surface area contributed by atoms with Gasteiger partial charge < -0.3 is 4.18 Å². The highest BCUT2D eigenvalue weighted by atomic mass is 32.2. The lowest BCUT2D eigenvalue weighted by molar-refractivity contribution is -0.0499. The number of alkyl halides is 3. The molecule has 0 saturated carbocycles. The fraction of sp³-hybridized carbons (Fsp3) is 0.250. The third-order valence-electron chi connectivity index (χ3n) is 3.38. The highest BCUT2D eigenvalue weighted by molar-refractivity contribution is 7.88. The largest absolute Gasteiger partial charge is 0.534 e. The van der Waals surface area contributed by atoms with E-state index in [0.29, 0.717) is 16.3 Å². The third-order valence-corrected chi connectivity index (χ3v) is 6.35. The van der Waals surface area contributed by atoms with E-state index in [-0.39, 0.29) is 5.75 Å². The highest BCUT2D eigenvalue weighted by Gasteiger charge is 2.49. The molecule has 2 rings (SSSR count). The van der Waals surface area contributed by atoms with Crippen molar-refractivity contribution in [3.63, 3.8) is 0 Å². The van der Waals surface area contributed by atoms with E-state index in [1.807, 2.05) is 19.6 Å². The lowest BCUT2D eigenvalue weighted by Gasteiger charge is -2.23. The maximum absolute atomic E-state index is 12.8. The normalized spacial score (nSPS) is 12.9. The van der Waals surface area contributed by atoms with Crippen LogP contribution in [0.15, 0.2) is 48.5 Å². The molecule has 0 aliphatic rings. The lowest BCUT2D eigenvalue weighted by Crippen LogP contribution is -2.40. The standard InChI is InChI=1S/C16H17F3O3SSi/c1-24(2,3)14-11-7-10-13(12-8-5-4-6-9-12)15(14)22-23(20,21)16(17,18)19/h4-11H,1-3H3. The second-order valence-electron chi connectivity index (χ2n) is 6.28. The van der Waals surface area contributed by atoms with Gasteiger partial charge in [0.1, 0.15) is 5.75 Å². The Morgan fingerprint density at radius 2 is 1.50 bits per heavy atom. The fourth-order valence-corrected chi connectivity index (χ4v) is 4.25. The zero-order valence-electron chi connectivity index (χ0n) is 13.4. The molecule has 2 aromatic carbocycles. The van der Waals surface area contributed by atoms with Gasteiger partial charge in [-0.2, -0.15) is 21.6 Å². The first kappa shape index (κ1) is 18.5. The van der Waals surface area contributed by atoms with Crippen LogP contribution < -0.4 is 9.37 Å². The zero-order valence-corrected chi connectivity index (χ0v) is 15.2. The quantitative estimate of drug-likeness (QED) is 0.459. The Kier molecular flexibility index (Phi) is 4.83. The first-order valence-corrected chi connectivity index (χ1v) is 12.0. The minimum absolute atomic E-state index is 0.236. The van der Waals surface area contributed by atoms with Crippen molar-refractivity contribution in [1.82, 2.24) is 0 Å². The number of para-hydroxylation sites is 1. The van der Waals surface area contributed by atoms with Crippen LogP contribution in [0.1, 0.15) is 0 Å². The van der Waals surface area contributed by atoms with Gasteiger partial charge in [0.2, 0.25) is 0 Å². The maximum Gasteiger partial charge on any atom is 0.534 e. The van der Waals surface area contributed by atoms with E-state index in [1.165, 1.54) is 0 Å². The third kappa shape index (κ3) is 3.81. The van der Waals surface area contributed by atoms with Crippen molar-refractivity contribution >= 4 is 23.4 Å². The molecule has 2 aromatic rings. The van der Waals surface area contributed by atoms with E-state index < -0.39 is 23.7 Å². The molecule has 0 amide bonds. The summed E-state index contributed by atoms with van der Waals surface area (Å²) in [6, 6.07) is 13.5. The van der Waals surface area contributed by atoms with Crippen LogP contribution in [0.5, 0.6) is 5.75 Å². The van der Waals surface area contributed by atoms with Gasteiger partial charge in [0.15, 0.2) is 0 Å². The molecule has 0 aliphatic carbocycles. The lowest BCUT2D eigenvalue weighted by atomic mass is 10.1. The number of rotatable bonds is 4. The smallest absolute Gasteiger partial charge is 0.375 e. The van der Waals surface area contributed by atoms with Crippen LogP contribution in [0.25, 0.3) is 11.1 Å². The molecule has 0 spiro atoms. The summed E-state index contributed by atoms with van der Waals surface area (Å²) in [4.78, 5) is 0. The minimum Gasteiger partial charge on any atom is -0.375 e. The van der Waals surface area contributed by atoms with E-state index in [2.05, 4.69) is 4.18 Å². The summed E-state index contributed by atoms with van der Waals surface area (Å²) in [5.74, 6) is -0.236. The molecular formula is C16H17F3O3SSi. The summed E-state index contributed by atoms with van der Waals surface area (Å²) < 4.78 is 66.0. The monoisotopic (exact) mass is 374 g/mol. The molecule has 0 aromatic heterocycles. The van der Waals surface area contributed by atoms with E-state index in [0.717, 1.165) is 0 Å². The fourth-order valence-electron chi connectivity index (χ4n) is 2.22. The average molecular weight is 374 g/mol. The van der Waals surface area contributed by atoms with Gasteiger partial charge in [-0.3, -0.25) is 0 Å². The Hall–Kier alpha value is -1.80. The summed E-state index contributed by atoms with van der Waals surface area (Å²) in [6.45, 7) is 5.72. The van der Waals surface area contributed by atoms with Crippen molar-refractivity contribution in [1.29, 1.82) is 0 Å². The van der Waals surface area contributed by atoms with Gasteiger partial charge in [-0.15, -0.1) is 0 Å². The van der Waals surface area contributed by atoms with Gasteiger partial charge >= 0.3 is 15.6 Å². The van der Waals surface area contributed by atoms with Gasteiger partial charge in [0.25, 0.3) is 0 Å². The molecule has 0 unspecified atom stereocenters. The molecule has 0 fully saturated rings. The number of hydrogen-bond donors (Lipinski definition) is 0. The summed E-state index contributed by atoms with van der Waals surface area (Å²) in [6.07, 6.45) is 0. The molecule has 0 saturated heterocycles. The molecule has 0 aliphatic heterocycles. The van der Waals surface area contributed by atoms with Gasteiger partial charge in [-0.1, -0.05) is 68.2 Å². The van der Waals surface area contributed by atoms with Crippen molar-refractivity contribution < 1.29 is 25.8 Å². The molecule has 3 nitrogen and oxygen atoms in total. The van der Waals surface area contributed by atoms with Crippen LogP contribution in [-0.4, -0.2) is 22.0 Å². The van der Waals surface area contributed by atoms with Crippen LogP contribution in [0, 0.1) is 0 Å². The average Bonchev–Trinajstić information content (AvgIpc) is 2.45. The van der Waals surface area contributed by atoms with Gasteiger partial charge in [0, 0.05) is 5.56 Å². The van der Waals surface area contributed by atoms with Crippen LogP contribution in [0.4, 0.5) is 13.2 Å². The van der Waals surface area contributed by atoms with Crippen LogP contribution in [-0.2, 0) is 10.1 Å². The predicted octanol–water partition coefficient (Wildman–Crippen LogP) is 4.13. The minimum atomic E-state index is -5.74. The van der Waals surface area contributed by atoms with Gasteiger partial charge in [-0.25, -0.2) is 0 Å². The topological polar surface area (TPSA) is 43.4 Å². The van der Waals surface area contributed by atoms with Crippen LogP contribution in [0.2, 0.25) is 19.6 Å². The van der Waals surface area contributed by atoms with Crippen molar-refractivity contribution in [3.8, 4) is 16.9 Å². The van der Waals surface area contributed by atoms with Crippen LogP contribution >= 0.6 is 0 Å². The Morgan fingerprint density at radius 1 is 0.917 bits per heavy atom. The van der Waals surface area contributed by atoms with Crippen molar-refractivity contribution in [3.05, 3.63) is 48.5 Å². The summed E-state index contributed by atoms with van der Waals surface area (Å²) in [5.41, 5.74) is -4.57. The second-order valence-corrected chi connectivity index (χ2v) is 12.9. The SMILES string of the molecule is C[Si](C)(C)c1cccc(-c2ccccc2)c1OS(=O)(=O)C(F)(F)F. The number of halogens is 3.